The van der Waals surface area contributed by atoms with Gasteiger partial charge in [-0.3, -0.25) is 24.9 Å². The Morgan fingerprint density at radius 2 is 1.61 bits per heavy atom. The molecule has 1 amide bonds. The number of nitrogens with zero attached hydrogens (tertiary/aromatic N) is 2. The molecule has 0 saturated carbocycles. The lowest BCUT2D eigenvalue weighted by Gasteiger charge is -2.12. The number of carbonyl (C=O) groups is 1. The third-order valence-electron chi connectivity index (χ3n) is 4.57. The molecule has 0 radical (unpaired) electrons. The van der Waals surface area contributed by atoms with Crippen LogP contribution < -0.4 is 10.0 Å². The summed E-state index contributed by atoms with van der Waals surface area (Å²) in [5.74, 6) is -0.536. The molecule has 0 aliphatic carbocycles. The maximum Gasteiger partial charge on any atom is 0.269 e. The van der Waals surface area contributed by atoms with Crippen molar-refractivity contribution in [3.05, 3.63) is 99.9 Å². The summed E-state index contributed by atoms with van der Waals surface area (Å²) >= 11 is 1.18. The van der Waals surface area contributed by atoms with Crippen molar-refractivity contribution in [2.45, 2.75) is 4.90 Å². The van der Waals surface area contributed by atoms with E-state index in [9.17, 15) is 23.3 Å². The Morgan fingerprint density at radius 1 is 0.939 bits per heavy atom. The fraction of sp³-hybridized carbons (Fsp3) is 0. The lowest BCUT2D eigenvalue weighted by Crippen LogP contribution is -2.18. The highest BCUT2D eigenvalue weighted by Crippen LogP contribution is 2.28. The summed E-state index contributed by atoms with van der Waals surface area (Å²) in [6, 6.07) is 20.0. The first kappa shape index (κ1) is 22.1. The van der Waals surface area contributed by atoms with Gasteiger partial charge in [-0.2, -0.15) is 0 Å². The summed E-state index contributed by atoms with van der Waals surface area (Å²) in [6.07, 6.45) is 0. The van der Waals surface area contributed by atoms with E-state index in [0.717, 1.165) is 0 Å². The predicted molar refractivity (Wildman–Crippen MR) is 126 cm³/mol. The van der Waals surface area contributed by atoms with E-state index in [1.54, 1.807) is 47.8 Å². The van der Waals surface area contributed by atoms with E-state index in [0.29, 0.717) is 16.4 Å². The Labute approximate surface area is 193 Å². The molecule has 0 atom stereocenters. The van der Waals surface area contributed by atoms with Crippen LogP contribution in [0.15, 0.2) is 89.1 Å². The highest BCUT2D eigenvalue weighted by Gasteiger charge is 2.19. The molecule has 0 saturated heterocycles. The summed E-state index contributed by atoms with van der Waals surface area (Å²) in [5.41, 5.74) is 1.43. The van der Waals surface area contributed by atoms with Crippen molar-refractivity contribution >= 4 is 43.8 Å². The minimum Gasteiger partial charge on any atom is -0.298 e. The molecule has 0 spiro atoms. The number of aromatic nitrogens is 1. The van der Waals surface area contributed by atoms with Crippen molar-refractivity contribution in [1.82, 2.24) is 4.98 Å². The minimum absolute atomic E-state index is 0.0305. The van der Waals surface area contributed by atoms with E-state index in [1.165, 1.54) is 47.7 Å². The molecule has 0 bridgehead atoms. The monoisotopic (exact) mass is 480 g/mol. The number of hydrogen-bond acceptors (Lipinski definition) is 7. The van der Waals surface area contributed by atoms with E-state index < -0.39 is 20.9 Å². The number of hydrogen-bond donors (Lipinski definition) is 2. The van der Waals surface area contributed by atoms with Crippen LogP contribution in [0, 0.1) is 10.1 Å². The lowest BCUT2D eigenvalue weighted by molar-refractivity contribution is -0.384. The van der Waals surface area contributed by atoms with Gasteiger partial charge in [0, 0.05) is 23.1 Å². The normalized spacial score (nSPS) is 11.0. The van der Waals surface area contributed by atoms with Gasteiger partial charge in [-0.25, -0.2) is 13.4 Å². The Bertz CT molecular complexity index is 1420. The fourth-order valence-electron chi connectivity index (χ4n) is 2.96. The van der Waals surface area contributed by atoms with Crippen LogP contribution in [-0.4, -0.2) is 24.2 Å². The number of benzene rings is 3. The number of non-ortho nitro benzene ring substituents is 1. The Kier molecular flexibility index (Phi) is 6.16. The van der Waals surface area contributed by atoms with Crippen LogP contribution in [0.4, 0.5) is 16.5 Å². The Balaban J connectivity index is 1.53. The third kappa shape index (κ3) is 5.05. The number of rotatable bonds is 7. The topological polar surface area (TPSA) is 131 Å². The number of amides is 1. The molecule has 166 valence electrons. The second kappa shape index (κ2) is 9.18. The molecule has 33 heavy (non-hydrogen) atoms. The molecular weight excluding hydrogens is 464 g/mol. The summed E-state index contributed by atoms with van der Waals surface area (Å²) < 4.78 is 27.8. The highest BCUT2D eigenvalue weighted by molar-refractivity contribution is 7.92. The first-order valence-electron chi connectivity index (χ1n) is 9.52. The van der Waals surface area contributed by atoms with E-state index in [4.69, 9.17) is 0 Å². The molecule has 0 fully saturated rings. The van der Waals surface area contributed by atoms with E-state index in [1.807, 2.05) is 0 Å². The molecule has 11 heteroatoms. The zero-order valence-electron chi connectivity index (χ0n) is 16.8. The number of carbonyl (C=O) groups excluding carboxylic acids is 1. The van der Waals surface area contributed by atoms with Gasteiger partial charge in [0.2, 0.25) is 0 Å². The first-order valence-corrected chi connectivity index (χ1v) is 11.9. The largest absolute Gasteiger partial charge is 0.298 e. The standard InChI is InChI=1S/C22H16N4O5S2/c27-21(24-22-23-20(14-32-22)15-10-12-16(13-11-15)26(28)29)18-8-4-5-9-19(18)25-33(30,31)17-6-2-1-3-7-17/h1-14,25H,(H,23,24,27). The number of thiazole rings is 1. The maximum atomic E-state index is 12.9. The summed E-state index contributed by atoms with van der Waals surface area (Å²) in [5, 5.41) is 15.5. The molecule has 2 N–H and O–H groups in total. The fourth-order valence-corrected chi connectivity index (χ4v) is 4.77. The molecule has 0 unspecified atom stereocenters. The molecular formula is C22H16N4O5S2. The van der Waals surface area contributed by atoms with Crippen molar-refractivity contribution in [1.29, 1.82) is 0 Å². The highest BCUT2D eigenvalue weighted by atomic mass is 32.2. The van der Waals surface area contributed by atoms with Crippen LogP contribution in [0.1, 0.15) is 10.4 Å². The predicted octanol–water partition coefficient (Wildman–Crippen LogP) is 4.77. The van der Waals surface area contributed by atoms with Gasteiger partial charge >= 0.3 is 0 Å². The van der Waals surface area contributed by atoms with Gasteiger partial charge < -0.3 is 0 Å². The molecule has 4 rings (SSSR count). The van der Waals surface area contributed by atoms with Crippen molar-refractivity contribution in [2.24, 2.45) is 0 Å². The third-order valence-corrected chi connectivity index (χ3v) is 6.71. The number of nitrogens with one attached hydrogen (secondary N) is 2. The second-order valence-electron chi connectivity index (χ2n) is 6.76. The van der Waals surface area contributed by atoms with Crippen LogP contribution >= 0.6 is 11.3 Å². The Hall–Kier alpha value is -4.09. The van der Waals surface area contributed by atoms with Gasteiger partial charge in [0.15, 0.2) is 5.13 Å². The molecule has 9 nitrogen and oxygen atoms in total. The quantitative estimate of drug-likeness (QED) is 0.289. The van der Waals surface area contributed by atoms with Crippen molar-refractivity contribution in [2.75, 3.05) is 10.0 Å². The molecule has 0 aliphatic heterocycles. The Morgan fingerprint density at radius 3 is 2.30 bits per heavy atom. The van der Waals surface area contributed by atoms with Gasteiger partial charge in [0.05, 0.1) is 26.8 Å². The molecule has 1 aromatic heterocycles. The van der Waals surface area contributed by atoms with Gasteiger partial charge in [-0.1, -0.05) is 30.3 Å². The van der Waals surface area contributed by atoms with Crippen molar-refractivity contribution < 1.29 is 18.1 Å². The van der Waals surface area contributed by atoms with Crippen LogP contribution in [0.25, 0.3) is 11.3 Å². The maximum absolute atomic E-state index is 12.9. The summed E-state index contributed by atoms with van der Waals surface area (Å²) in [7, 11) is -3.87. The summed E-state index contributed by atoms with van der Waals surface area (Å²) in [4.78, 5) is 27.6. The van der Waals surface area contributed by atoms with Gasteiger partial charge in [-0.15, -0.1) is 11.3 Å². The smallest absolute Gasteiger partial charge is 0.269 e. The van der Waals surface area contributed by atoms with Crippen LogP contribution in [0.5, 0.6) is 0 Å². The molecule has 4 aromatic rings. The SMILES string of the molecule is O=C(Nc1nc(-c2ccc([N+](=O)[O-])cc2)cs1)c1ccccc1NS(=O)(=O)c1ccccc1. The van der Waals surface area contributed by atoms with Crippen LogP contribution in [0.2, 0.25) is 0 Å². The first-order chi connectivity index (χ1) is 15.8. The number of sulfonamides is 1. The molecule has 3 aromatic carbocycles. The molecule has 1 heterocycles. The van der Waals surface area contributed by atoms with E-state index in [-0.39, 0.29) is 21.8 Å². The number of anilines is 2. The minimum atomic E-state index is -3.87. The molecule has 0 aliphatic rings. The number of nitro benzene ring substituents is 1. The van der Waals surface area contributed by atoms with E-state index in [2.05, 4.69) is 15.0 Å². The van der Waals surface area contributed by atoms with E-state index >= 15 is 0 Å². The summed E-state index contributed by atoms with van der Waals surface area (Å²) in [6.45, 7) is 0. The zero-order chi connectivity index (χ0) is 23.4. The van der Waals surface area contributed by atoms with Crippen molar-refractivity contribution in [3.8, 4) is 11.3 Å². The number of nitro groups is 1. The van der Waals surface area contributed by atoms with Gasteiger partial charge in [0.1, 0.15) is 0 Å². The second-order valence-corrected chi connectivity index (χ2v) is 9.30. The van der Waals surface area contributed by atoms with Crippen LogP contribution in [0.3, 0.4) is 0 Å². The zero-order valence-corrected chi connectivity index (χ0v) is 18.5. The average Bonchev–Trinajstić information content (AvgIpc) is 3.28. The lowest BCUT2D eigenvalue weighted by atomic mass is 10.1. The van der Waals surface area contributed by atoms with Gasteiger partial charge in [-0.05, 0) is 36.4 Å². The van der Waals surface area contributed by atoms with Gasteiger partial charge in [0.25, 0.3) is 21.6 Å². The van der Waals surface area contributed by atoms with Crippen molar-refractivity contribution in [3.63, 3.8) is 0 Å². The number of para-hydroxylation sites is 1. The average molecular weight is 481 g/mol. The van der Waals surface area contributed by atoms with Crippen LogP contribution in [-0.2, 0) is 10.0 Å².